The lowest BCUT2D eigenvalue weighted by Gasteiger charge is -2.24. The molecular weight excluding hydrogens is 305 g/mol. The summed E-state index contributed by atoms with van der Waals surface area (Å²) in [5.41, 5.74) is 2.15. The van der Waals surface area contributed by atoms with Crippen molar-refractivity contribution in [2.45, 2.75) is 43.9 Å². The minimum atomic E-state index is -0.178. The van der Waals surface area contributed by atoms with Crippen LogP contribution in [0.2, 0.25) is 0 Å². The molecular formula is C19H20FN3O. The van der Waals surface area contributed by atoms with Gasteiger partial charge in [-0.1, -0.05) is 18.9 Å². The molecule has 1 fully saturated rings. The Balaban J connectivity index is 1.58. The molecule has 1 spiro atoms. The van der Waals surface area contributed by atoms with Gasteiger partial charge < -0.3 is 4.90 Å². The summed E-state index contributed by atoms with van der Waals surface area (Å²) in [4.78, 5) is 22.8. The zero-order chi connectivity index (χ0) is 16.6. The Morgan fingerprint density at radius 3 is 2.83 bits per heavy atom. The van der Waals surface area contributed by atoms with E-state index in [9.17, 15) is 9.18 Å². The average Bonchev–Trinajstić information content (AvgIpc) is 3.20. The van der Waals surface area contributed by atoms with Crippen LogP contribution in [0, 0.1) is 5.82 Å². The highest BCUT2D eigenvalue weighted by molar-refractivity contribution is 5.96. The number of aryl methyl sites for hydroxylation is 1. The number of hydrogen-bond acceptors (Lipinski definition) is 3. The fourth-order valence-electron chi connectivity index (χ4n) is 4.24. The predicted octanol–water partition coefficient (Wildman–Crippen LogP) is 3.41. The molecule has 1 amide bonds. The molecule has 0 saturated heterocycles. The van der Waals surface area contributed by atoms with Gasteiger partial charge in [0.25, 0.3) is 0 Å². The number of anilines is 1. The third-order valence-corrected chi connectivity index (χ3v) is 5.35. The number of benzene rings is 1. The van der Waals surface area contributed by atoms with Crippen molar-refractivity contribution in [2.75, 3.05) is 11.4 Å². The molecule has 0 N–H and O–H groups in total. The molecule has 1 aromatic carbocycles. The summed E-state index contributed by atoms with van der Waals surface area (Å²) < 4.78 is 14.5. The molecule has 24 heavy (non-hydrogen) atoms. The first kappa shape index (κ1) is 15.2. The van der Waals surface area contributed by atoms with Gasteiger partial charge in [0, 0.05) is 42.5 Å². The van der Waals surface area contributed by atoms with Crippen LogP contribution in [0.25, 0.3) is 0 Å². The lowest BCUT2D eigenvalue weighted by Crippen LogP contribution is -2.35. The molecule has 0 atom stereocenters. The monoisotopic (exact) mass is 325 g/mol. The van der Waals surface area contributed by atoms with Gasteiger partial charge in [0.05, 0.1) is 11.4 Å². The van der Waals surface area contributed by atoms with Gasteiger partial charge in [-0.3, -0.25) is 14.8 Å². The number of amides is 1. The molecule has 2 aromatic rings. The quantitative estimate of drug-likeness (QED) is 0.869. The fourth-order valence-corrected chi connectivity index (χ4v) is 4.24. The number of hydrogen-bond donors (Lipinski definition) is 0. The highest BCUT2D eigenvalue weighted by Crippen LogP contribution is 2.51. The Morgan fingerprint density at radius 2 is 2.08 bits per heavy atom. The Kier molecular flexibility index (Phi) is 3.79. The van der Waals surface area contributed by atoms with Crippen molar-refractivity contribution in [3.05, 3.63) is 53.9 Å². The number of aromatic nitrogens is 2. The SMILES string of the molecule is O=C(CCc1cnccn1)N1CC2(CCCC2)c2c(F)cccc21. The van der Waals surface area contributed by atoms with E-state index >= 15 is 0 Å². The second kappa shape index (κ2) is 5.96. The predicted molar refractivity (Wildman–Crippen MR) is 89.3 cm³/mol. The van der Waals surface area contributed by atoms with Crippen LogP contribution in [-0.4, -0.2) is 22.4 Å². The lowest BCUT2D eigenvalue weighted by molar-refractivity contribution is -0.118. The van der Waals surface area contributed by atoms with Gasteiger partial charge in [0.2, 0.25) is 5.91 Å². The first-order valence-corrected chi connectivity index (χ1v) is 8.54. The van der Waals surface area contributed by atoms with Crippen molar-refractivity contribution in [3.63, 3.8) is 0 Å². The Bertz CT molecular complexity index is 756. The first-order valence-electron chi connectivity index (χ1n) is 8.54. The number of nitrogens with zero attached hydrogens (tertiary/aromatic N) is 3. The minimum absolute atomic E-state index is 0.0382. The van der Waals surface area contributed by atoms with E-state index in [2.05, 4.69) is 9.97 Å². The van der Waals surface area contributed by atoms with Crippen molar-refractivity contribution in [1.29, 1.82) is 0 Å². The average molecular weight is 325 g/mol. The van der Waals surface area contributed by atoms with Gasteiger partial charge in [-0.05, 0) is 31.4 Å². The first-order chi connectivity index (χ1) is 11.7. The number of rotatable bonds is 3. The van der Waals surface area contributed by atoms with E-state index in [0.29, 0.717) is 19.4 Å². The summed E-state index contributed by atoms with van der Waals surface area (Å²) in [5.74, 6) is -0.130. The van der Waals surface area contributed by atoms with Crippen LogP contribution >= 0.6 is 0 Å². The molecule has 124 valence electrons. The summed E-state index contributed by atoms with van der Waals surface area (Å²) in [6.07, 6.45) is 10.0. The van der Waals surface area contributed by atoms with Crippen LogP contribution in [0.15, 0.2) is 36.8 Å². The molecule has 0 unspecified atom stereocenters. The van der Waals surface area contributed by atoms with E-state index in [0.717, 1.165) is 42.6 Å². The molecule has 2 heterocycles. The van der Waals surface area contributed by atoms with E-state index in [1.54, 1.807) is 29.6 Å². The van der Waals surface area contributed by atoms with Crippen molar-refractivity contribution in [3.8, 4) is 0 Å². The molecule has 1 aliphatic heterocycles. The van der Waals surface area contributed by atoms with Crippen molar-refractivity contribution in [2.24, 2.45) is 0 Å². The summed E-state index contributed by atoms with van der Waals surface area (Å²) in [7, 11) is 0. The minimum Gasteiger partial charge on any atom is -0.311 e. The number of carbonyl (C=O) groups excluding carboxylic acids is 1. The maximum Gasteiger partial charge on any atom is 0.227 e. The van der Waals surface area contributed by atoms with Crippen LogP contribution in [0.1, 0.15) is 43.4 Å². The van der Waals surface area contributed by atoms with Crippen LogP contribution < -0.4 is 4.90 Å². The number of halogens is 1. The standard InChI is InChI=1S/C19H20FN3O/c20-15-4-3-5-16-18(15)19(8-1-2-9-19)13-23(16)17(24)7-6-14-12-21-10-11-22-14/h3-5,10-12H,1-2,6-9,13H2. The maximum absolute atomic E-state index is 14.5. The zero-order valence-electron chi connectivity index (χ0n) is 13.5. The highest BCUT2D eigenvalue weighted by atomic mass is 19.1. The van der Waals surface area contributed by atoms with E-state index in [4.69, 9.17) is 0 Å². The van der Waals surface area contributed by atoms with Crippen LogP contribution in [-0.2, 0) is 16.6 Å². The molecule has 4 rings (SSSR count). The van der Waals surface area contributed by atoms with Gasteiger partial charge in [0.1, 0.15) is 5.82 Å². The topological polar surface area (TPSA) is 46.1 Å². The summed E-state index contributed by atoms with van der Waals surface area (Å²) >= 11 is 0. The van der Waals surface area contributed by atoms with E-state index in [-0.39, 0.29) is 17.1 Å². The van der Waals surface area contributed by atoms with Gasteiger partial charge in [0.15, 0.2) is 0 Å². The fraction of sp³-hybridized carbons (Fsp3) is 0.421. The molecule has 2 aliphatic rings. The third kappa shape index (κ3) is 2.48. The van der Waals surface area contributed by atoms with Crippen molar-refractivity contribution in [1.82, 2.24) is 9.97 Å². The third-order valence-electron chi connectivity index (χ3n) is 5.35. The largest absolute Gasteiger partial charge is 0.311 e. The number of fused-ring (bicyclic) bond motifs is 2. The molecule has 0 bridgehead atoms. The van der Waals surface area contributed by atoms with E-state index < -0.39 is 0 Å². The highest BCUT2D eigenvalue weighted by Gasteiger charge is 2.47. The van der Waals surface area contributed by atoms with E-state index in [1.807, 2.05) is 6.07 Å². The number of carbonyl (C=O) groups is 1. The summed E-state index contributed by atoms with van der Waals surface area (Å²) in [6, 6.07) is 5.10. The molecule has 0 radical (unpaired) electrons. The second-order valence-electron chi connectivity index (χ2n) is 6.80. The van der Waals surface area contributed by atoms with Gasteiger partial charge in [-0.25, -0.2) is 4.39 Å². The lowest BCUT2D eigenvalue weighted by atomic mass is 9.80. The smallest absolute Gasteiger partial charge is 0.227 e. The molecule has 4 nitrogen and oxygen atoms in total. The normalized spacial score (nSPS) is 18.1. The summed E-state index contributed by atoms with van der Waals surface area (Å²) in [5, 5.41) is 0. The van der Waals surface area contributed by atoms with E-state index in [1.165, 1.54) is 6.07 Å². The summed E-state index contributed by atoms with van der Waals surface area (Å²) in [6.45, 7) is 0.614. The van der Waals surface area contributed by atoms with Crippen molar-refractivity contribution >= 4 is 11.6 Å². The Labute approximate surface area is 140 Å². The van der Waals surface area contributed by atoms with Gasteiger partial charge in [-0.15, -0.1) is 0 Å². The van der Waals surface area contributed by atoms with Crippen molar-refractivity contribution < 1.29 is 9.18 Å². The molecule has 5 heteroatoms. The molecule has 1 aliphatic carbocycles. The zero-order valence-corrected chi connectivity index (χ0v) is 13.5. The molecule has 1 saturated carbocycles. The maximum atomic E-state index is 14.5. The Morgan fingerprint density at radius 1 is 1.25 bits per heavy atom. The van der Waals surface area contributed by atoms with Crippen LogP contribution in [0.3, 0.4) is 0 Å². The second-order valence-corrected chi connectivity index (χ2v) is 6.80. The van der Waals surface area contributed by atoms with Gasteiger partial charge in [-0.2, -0.15) is 0 Å². The Hall–Kier alpha value is -2.30. The van der Waals surface area contributed by atoms with Gasteiger partial charge >= 0.3 is 0 Å². The molecule has 1 aromatic heterocycles. The van der Waals surface area contributed by atoms with Crippen LogP contribution in [0.4, 0.5) is 10.1 Å². The van der Waals surface area contributed by atoms with Crippen LogP contribution in [0.5, 0.6) is 0 Å².